The first-order valence-corrected chi connectivity index (χ1v) is 4.00. The van der Waals surface area contributed by atoms with E-state index in [9.17, 15) is 0 Å². The molecule has 1 N–H and O–H groups in total. The zero-order valence-electron chi connectivity index (χ0n) is 8.20. The van der Waals surface area contributed by atoms with Crippen LogP contribution in [0, 0.1) is 0 Å². The molecule has 0 amide bonds. The molecule has 1 rings (SSSR count). The van der Waals surface area contributed by atoms with Gasteiger partial charge >= 0.3 is 0 Å². The van der Waals surface area contributed by atoms with Gasteiger partial charge in [0.15, 0.2) is 0 Å². The zero-order chi connectivity index (χ0) is 10.3. The summed E-state index contributed by atoms with van der Waals surface area (Å²) >= 11 is 0. The van der Waals surface area contributed by atoms with Crippen molar-refractivity contribution in [2.45, 2.75) is 25.7 Å². The van der Waals surface area contributed by atoms with Gasteiger partial charge in [0.1, 0.15) is 0 Å². The van der Waals surface area contributed by atoms with E-state index in [4.69, 9.17) is 24.1 Å². The summed E-state index contributed by atoms with van der Waals surface area (Å²) in [6.07, 6.45) is 1.85. The molecule has 0 spiro atoms. The largest absolute Gasteiger partial charge is 0.481 e. The first kappa shape index (κ1) is 12.3. The standard InChI is InChI=1S/C6H12O3.C2H4O2/c1-7-6(8-2)4-3-5-9-6;1-2(3)4/h3-5H2,1-2H3;1H3,(H,3,4). The predicted octanol–water partition coefficient (Wildman–Crippen LogP) is 0.834. The maximum absolute atomic E-state index is 9.00. The molecule has 13 heavy (non-hydrogen) atoms. The van der Waals surface area contributed by atoms with E-state index < -0.39 is 11.9 Å². The second-order valence-corrected chi connectivity index (χ2v) is 2.56. The summed E-state index contributed by atoms with van der Waals surface area (Å²) in [5.41, 5.74) is 0. The monoisotopic (exact) mass is 192 g/mol. The number of carbonyl (C=O) groups is 1. The van der Waals surface area contributed by atoms with Gasteiger partial charge in [-0.15, -0.1) is 0 Å². The summed E-state index contributed by atoms with van der Waals surface area (Å²) in [6, 6.07) is 0. The van der Waals surface area contributed by atoms with E-state index >= 15 is 0 Å². The smallest absolute Gasteiger partial charge is 0.300 e. The number of methoxy groups -OCH3 is 2. The molecule has 5 nitrogen and oxygen atoms in total. The van der Waals surface area contributed by atoms with E-state index in [1.165, 1.54) is 0 Å². The quantitative estimate of drug-likeness (QED) is 0.656. The minimum Gasteiger partial charge on any atom is -0.481 e. The Kier molecular flexibility index (Phi) is 5.61. The molecule has 0 aromatic rings. The Bertz CT molecular complexity index is 141. The molecule has 0 atom stereocenters. The molecule has 5 heteroatoms. The first-order chi connectivity index (χ1) is 6.06. The van der Waals surface area contributed by atoms with Gasteiger partial charge in [-0.1, -0.05) is 0 Å². The lowest BCUT2D eigenvalue weighted by Gasteiger charge is -2.23. The van der Waals surface area contributed by atoms with Gasteiger partial charge in [0.2, 0.25) is 0 Å². The third-order valence-corrected chi connectivity index (χ3v) is 1.57. The Morgan fingerprint density at radius 2 is 1.92 bits per heavy atom. The lowest BCUT2D eigenvalue weighted by Crippen LogP contribution is -2.31. The van der Waals surface area contributed by atoms with Crippen molar-refractivity contribution in [3.05, 3.63) is 0 Å². The maximum Gasteiger partial charge on any atom is 0.300 e. The van der Waals surface area contributed by atoms with Crippen LogP contribution in [0.1, 0.15) is 19.8 Å². The molecule has 1 aliphatic heterocycles. The number of carboxylic acids is 1. The van der Waals surface area contributed by atoms with Crippen LogP contribution in [0.3, 0.4) is 0 Å². The number of ether oxygens (including phenoxy) is 3. The maximum atomic E-state index is 9.00. The molecule has 1 aliphatic rings. The Morgan fingerprint density at radius 3 is 2.08 bits per heavy atom. The predicted molar refractivity (Wildman–Crippen MR) is 45.2 cm³/mol. The van der Waals surface area contributed by atoms with Gasteiger partial charge in [-0.2, -0.15) is 0 Å². The highest BCUT2D eigenvalue weighted by Gasteiger charge is 2.34. The van der Waals surface area contributed by atoms with Gasteiger partial charge in [-0.05, 0) is 6.42 Å². The Morgan fingerprint density at radius 1 is 1.46 bits per heavy atom. The fourth-order valence-corrected chi connectivity index (χ4v) is 0.994. The van der Waals surface area contributed by atoms with E-state index in [0.29, 0.717) is 0 Å². The van der Waals surface area contributed by atoms with Crippen molar-refractivity contribution >= 4 is 5.97 Å². The van der Waals surface area contributed by atoms with Crippen LogP contribution in [0.15, 0.2) is 0 Å². The van der Waals surface area contributed by atoms with Crippen molar-refractivity contribution in [2.24, 2.45) is 0 Å². The molecule has 0 radical (unpaired) electrons. The molecule has 0 unspecified atom stereocenters. The normalized spacial score (nSPS) is 19.0. The van der Waals surface area contributed by atoms with Crippen molar-refractivity contribution in [3.63, 3.8) is 0 Å². The SMILES string of the molecule is CC(=O)O.COC1(OC)CCCO1. The summed E-state index contributed by atoms with van der Waals surface area (Å²) in [4.78, 5) is 9.00. The minimum absolute atomic E-state index is 0.722. The highest BCUT2D eigenvalue weighted by atomic mass is 16.9. The first-order valence-electron chi connectivity index (χ1n) is 4.00. The van der Waals surface area contributed by atoms with Crippen molar-refractivity contribution in [2.75, 3.05) is 20.8 Å². The molecule has 0 bridgehead atoms. The molecule has 78 valence electrons. The van der Waals surface area contributed by atoms with Crippen molar-refractivity contribution in [3.8, 4) is 0 Å². The second-order valence-electron chi connectivity index (χ2n) is 2.56. The number of rotatable bonds is 2. The van der Waals surface area contributed by atoms with E-state index in [1.54, 1.807) is 14.2 Å². The van der Waals surface area contributed by atoms with E-state index in [2.05, 4.69) is 0 Å². The zero-order valence-corrected chi connectivity index (χ0v) is 8.20. The minimum atomic E-state index is -0.833. The van der Waals surface area contributed by atoms with E-state index in [-0.39, 0.29) is 0 Å². The topological polar surface area (TPSA) is 65.0 Å². The van der Waals surface area contributed by atoms with Crippen LogP contribution in [-0.4, -0.2) is 37.9 Å². The highest BCUT2D eigenvalue weighted by molar-refractivity contribution is 5.62. The average molecular weight is 192 g/mol. The third-order valence-electron chi connectivity index (χ3n) is 1.57. The Labute approximate surface area is 77.6 Å². The number of hydrogen-bond donors (Lipinski definition) is 1. The van der Waals surface area contributed by atoms with Crippen LogP contribution in [-0.2, 0) is 19.0 Å². The lowest BCUT2D eigenvalue weighted by molar-refractivity contribution is -0.340. The number of carboxylic acid groups (broad SMARTS) is 1. The third kappa shape index (κ3) is 4.82. The van der Waals surface area contributed by atoms with Crippen LogP contribution < -0.4 is 0 Å². The molecule has 1 fully saturated rings. The van der Waals surface area contributed by atoms with Crippen molar-refractivity contribution in [1.82, 2.24) is 0 Å². The van der Waals surface area contributed by atoms with E-state index in [1.807, 2.05) is 0 Å². The van der Waals surface area contributed by atoms with Gasteiger partial charge in [-0.25, -0.2) is 0 Å². The number of hydrogen-bond acceptors (Lipinski definition) is 4. The highest BCUT2D eigenvalue weighted by Crippen LogP contribution is 2.26. The van der Waals surface area contributed by atoms with Gasteiger partial charge in [-0.3, -0.25) is 4.79 Å². The van der Waals surface area contributed by atoms with Gasteiger partial charge in [0.05, 0.1) is 6.61 Å². The second kappa shape index (κ2) is 5.90. The molecule has 1 heterocycles. The van der Waals surface area contributed by atoms with Crippen LogP contribution in [0.5, 0.6) is 0 Å². The number of aliphatic carboxylic acids is 1. The Hall–Kier alpha value is -0.650. The van der Waals surface area contributed by atoms with Crippen LogP contribution in [0.2, 0.25) is 0 Å². The fourth-order valence-electron chi connectivity index (χ4n) is 0.994. The van der Waals surface area contributed by atoms with Crippen LogP contribution in [0.4, 0.5) is 0 Å². The van der Waals surface area contributed by atoms with Gasteiger partial charge in [0, 0.05) is 27.6 Å². The molecular formula is C8H16O5. The molecular weight excluding hydrogens is 176 g/mol. The molecule has 1 saturated heterocycles. The summed E-state index contributed by atoms with van der Waals surface area (Å²) in [5.74, 6) is -1.56. The van der Waals surface area contributed by atoms with Crippen LogP contribution in [0.25, 0.3) is 0 Å². The van der Waals surface area contributed by atoms with Gasteiger partial charge in [0.25, 0.3) is 11.9 Å². The van der Waals surface area contributed by atoms with E-state index in [0.717, 1.165) is 26.4 Å². The average Bonchev–Trinajstić information content (AvgIpc) is 2.52. The summed E-state index contributed by atoms with van der Waals surface area (Å²) < 4.78 is 15.2. The van der Waals surface area contributed by atoms with Crippen molar-refractivity contribution in [1.29, 1.82) is 0 Å². The fraction of sp³-hybridized carbons (Fsp3) is 0.875. The summed E-state index contributed by atoms with van der Waals surface area (Å²) in [5, 5.41) is 7.42. The summed E-state index contributed by atoms with van der Waals surface area (Å²) in [6.45, 7) is 1.82. The Balaban J connectivity index is 0.000000310. The molecule has 0 saturated carbocycles. The lowest BCUT2D eigenvalue weighted by atomic mass is 10.3. The van der Waals surface area contributed by atoms with Gasteiger partial charge < -0.3 is 19.3 Å². The molecule has 0 aromatic carbocycles. The molecule has 0 aliphatic carbocycles. The molecule has 0 aromatic heterocycles. The summed E-state index contributed by atoms with van der Waals surface area (Å²) in [7, 11) is 3.18. The van der Waals surface area contributed by atoms with Crippen molar-refractivity contribution < 1.29 is 24.1 Å². The van der Waals surface area contributed by atoms with Crippen LogP contribution >= 0.6 is 0 Å².